The summed E-state index contributed by atoms with van der Waals surface area (Å²) in [5.74, 6) is 0.853. The van der Waals surface area contributed by atoms with Crippen LogP contribution < -0.4 is 15.3 Å². The Morgan fingerprint density at radius 1 is 0.917 bits per heavy atom. The van der Waals surface area contributed by atoms with Crippen molar-refractivity contribution in [2.75, 3.05) is 5.01 Å². The van der Waals surface area contributed by atoms with Crippen LogP contribution in [0, 0.1) is 0 Å². The SMILES string of the molecule is CC(C)(C)Oc1ccccc1N1C=C2c3ccccc3C=CN2N1. The summed E-state index contributed by atoms with van der Waals surface area (Å²) in [6.45, 7) is 6.17. The first-order chi connectivity index (χ1) is 11.5. The second-order valence-electron chi connectivity index (χ2n) is 6.94. The predicted octanol–water partition coefficient (Wildman–Crippen LogP) is 4.39. The second kappa shape index (κ2) is 5.42. The molecule has 4 heteroatoms. The molecule has 4 nitrogen and oxygen atoms in total. The number of benzene rings is 2. The van der Waals surface area contributed by atoms with Gasteiger partial charge in [0.15, 0.2) is 0 Å². The number of hydrogen-bond donors (Lipinski definition) is 1. The van der Waals surface area contributed by atoms with Crippen LogP contribution in [0.1, 0.15) is 31.9 Å². The third kappa shape index (κ3) is 2.65. The summed E-state index contributed by atoms with van der Waals surface area (Å²) in [6.07, 6.45) is 6.26. The predicted molar refractivity (Wildman–Crippen MR) is 97.7 cm³/mol. The lowest BCUT2D eigenvalue weighted by atomic mass is 10.0. The van der Waals surface area contributed by atoms with Crippen molar-refractivity contribution in [3.63, 3.8) is 0 Å². The number of para-hydroxylation sites is 2. The lowest BCUT2D eigenvalue weighted by Crippen LogP contribution is -2.38. The lowest BCUT2D eigenvalue weighted by molar-refractivity contribution is 0.131. The summed E-state index contributed by atoms with van der Waals surface area (Å²) >= 11 is 0. The zero-order valence-corrected chi connectivity index (χ0v) is 14.2. The van der Waals surface area contributed by atoms with E-state index in [1.165, 1.54) is 11.1 Å². The highest BCUT2D eigenvalue weighted by atomic mass is 16.5. The number of fused-ring (bicyclic) bond motifs is 3. The van der Waals surface area contributed by atoms with E-state index >= 15 is 0 Å². The smallest absolute Gasteiger partial charge is 0.145 e. The number of rotatable bonds is 2. The molecule has 0 spiro atoms. The Hall–Kier alpha value is -2.72. The van der Waals surface area contributed by atoms with Crippen molar-refractivity contribution in [1.82, 2.24) is 10.5 Å². The van der Waals surface area contributed by atoms with E-state index in [-0.39, 0.29) is 5.60 Å². The average Bonchev–Trinajstić information content (AvgIpc) is 2.98. The van der Waals surface area contributed by atoms with Crippen LogP contribution in [0.5, 0.6) is 5.75 Å². The van der Waals surface area contributed by atoms with Crippen LogP contribution in [0.15, 0.2) is 60.9 Å². The molecular formula is C20H21N3O. The fraction of sp³-hybridized carbons (Fsp3) is 0.200. The van der Waals surface area contributed by atoms with Gasteiger partial charge < -0.3 is 4.74 Å². The summed E-state index contributed by atoms with van der Waals surface area (Å²) in [6, 6.07) is 16.5. The third-order valence-electron chi connectivity index (χ3n) is 3.91. The summed E-state index contributed by atoms with van der Waals surface area (Å²) in [4.78, 5) is 0. The molecule has 0 atom stereocenters. The number of hydrogen-bond acceptors (Lipinski definition) is 4. The quantitative estimate of drug-likeness (QED) is 0.888. The second-order valence-corrected chi connectivity index (χ2v) is 6.94. The topological polar surface area (TPSA) is 27.7 Å². The van der Waals surface area contributed by atoms with E-state index in [0.29, 0.717) is 0 Å². The van der Waals surface area contributed by atoms with Gasteiger partial charge in [0.05, 0.1) is 5.70 Å². The molecule has 0 saturated carbocycles. The van der Waals surface area contributed by atoms with Gasteiger partial charge in [0.1, 0.15) is 17.0 Å². The Balaban J connectivity index is 1.72. The van der Waals surface area contributed by atoms with Crippen molar-refractivity contribution in [3.8, 4) is 5.75 Å². The van der Waals surface area contributed by atoms with Crippen LogP contribution in [-0.4, -0.2) is 10.6 Å². The van der Waals surface area contributed by atoms with Crippen molar-refractivity contribution < 1.29 is 4.74 Å². The Morgan fingerprint density at radius 3 is 2.50 bits per heavy atom. The van der Waals surface area contributed by atoms with Crippen LogP contribution in [0.4, 0.5) is 5.69 Å². The maximum absolute atomic E-state index is 6.12. The van der Waals surface area contributed by atoms with Crippen LogP contribution >= 0.6 is 0 Å². The number of nitrogens with one attached hydrogen (secondary N) is 1. The van der Waals surface area contributed by atoms with E-state index in [1.54, 1.807) is 0 Å². The fourth-order valence-electron chi connectivity index (χ4n) is 2.92. The van der Waals surface area contributed by atoms with Gasteiger partial charge in [-0.05, 0) is 44.5 Å². The van der Waals surface area contributed by atoms with E-state index in [9.17, 15) is 0 Å². The molecule has 2 aromatic carbocycles. The molecule has 24 heavy (non-hydrogen) atoms. The molecule has 0 aromatic heterocycles. The van der Waals surface area contributed by atoms with Crippen molar-refractivity contribution >= 4 is 17.5 Å². The van der Waals surface area contributed by atoms with Crippen molar-refractivity contribution in [2.24, 2.45) is 0 Å². The van der Waals surface area contributed by atoms with Crippen LogP contribution in [-0.2, 0) is 0 Å². The molecule has 0 bridgehead atoms. The van der Waals surface area contributed by atoms with Gasteiger partial charge in [-0.1, -0.05) is 36.4 Å². The molecule has 2 aromatic rings. The van der Waals surface area contributed by atoms with E-state index in [4.69, 9.17) is 4.74 Å². The van der Waals surface area contributed by atoms with Gasteiger partial charge in [0.25, 0.3) is 0 Å². The minimum absolute atomic E-state index is 0.248. The minimum Gasteiger partial charge on any atom is -0.486 e. The van der Waals surface area contributed by atoms with Gasteiger partial charge in [-0.3, -0.25) is 10.0 Å². The summed E-state index contributed by atoms with van der Waals surface area (Å²) in [7, 11) is 0. The molecule has 0 saturated heterocycles. The number of hydrazine groups is 2. The molecule has 0 unspecified atom stereocenters. The molecule has 0 fully saturated rings. The standard InChI is InChI=1S/C20H21N3O/c1-20(2,3)24-19-11-7-6-10-17(19)23-14-18-16-9-5-4-8-15(16)12-13-22(18)21-23/h4-14,21H,1-3H3. The number of ether oxygens (including phenoxy) is 1. The molecular weight excluding hydrogens is 298 g/mol. The molecule has 2 heterocycles. The Labute approximate surface area is 142 Å². The summed E-state index contributed by atoms with van der Waals surface area (Å²) in [5.41, 5.74) is 7.68. The largest absolute Gasteiger partial charge is 0.486 e. The van der Waals surface area contributed by atoms with Gasteiger partial charge in [-0.25, -0.2) is 0 Å². The van der Waals surface area contributed by atoms with E-state index in [1.807, 2.05) is 34.4 Å². The van der Waals surface area contributed by atoms with Crippen LogP contribution in [0.2, 0.25) is 0 Å². The molecule has 4 rings (SSSR count). The van der Waals surface area contributed by atoms with Crippen molar-refractivity contribution in [3.05, 3.63) is 72.1 Å². The molecule has 0 radical (unpaired) electrons. The number of nitrogens with zero attached hydrogens (tertiary/aromatic N) is 2. The first-order valence-electron chi connectivity index (χ1n) is 8.13. The molecule has 1 N–H and O–H groups in total. The van der Waals surface area contributed by atoms with Crippen molar-refractivity contribution in [2.45, 2.75) is 26.4 Å². The Morgan fingerprint density at radius 2 is 1.67 bits per heavy atom. The first-order valence-corrected chi connectivity index (χ1v) is 8.13. The highest BCUT2D eigenvalue weighted by Gasteiger charge is 2.27. The van der Waals surface area contributed by atoms with Crippen LogP contribution in [0.3, 0.4) is 0 Å². The molecule has 0 aliphatic carbocycles. The highest BCUT2D eigenvalue weighted by Crippen LogP contribution is 2.36. The normalized spacial score (nSPS) is 15.9. The molecule has 122 valence electrons. The van der Waals surface area contributed by atoms with E-state index in [2.05, 4.69) is 68.9 Å². The fourth-order valence-corrected chi connectivity index (χ4v) is 2.92. The maximum atomic E-state index is 6.12. The van der Waals surface area contributed by atoms with Gasteiger partial charge in [0.2, 0.25) is 0 Å². The molecule has 0 amide bonds. The minimum atomic E-state index is -0.248. The molecule has 2 aliphatic rings. The van der Waals surface area contributed by atoms with Gasteiger partial charge in [-0.2, -0.15) is 0 Å². The van der Waals surface area contributed by atoms with Gasteiger partial charge >= 0.3 is 0 Å². The van der Waals surface area contributed by atoms with Gasteiger partial charge in [0, 0.05) is 18.0 Å². The maximum Gasteiger partial charge on any atom is 0.145 e. The Kier molecular flexibility index (Phi) is 3.36. The van der Waals surface area contributed by atoms with Crippen LogP contribution in [0.25, 0.3) is 11.8 Å². The zero-order valence-electron chi connectivity index (χ0n) is 14.2. The van der Waals surface area contributed by atoms with Gasteiger partial charge in [-0.15, -0.1) is 5.53 Å². The van der Waals surface area contributed by atoms with Crippen molar-refractivity contribution in [1.29, 1.82) is 0 Å². The van der Waals surface area contributed by atoms with E-state index in [0.717, 1.165) is 17.1 Å². The molecule has 2 aliphatic heterocycles. The summed E-state index contributed by atoms with van der Waals surface area (Å²) in [5, 5.41) is 4.03. The zero-order chi connectivity index (χ0) is 16.7. The first kappa shape index (κ1) is 14.8. The highest BCUT2D eigenvalue weighted by molar-refractivity contribution is 5.81. The third-order valence-corrected chi connectivity index (χ3v) is 3.91. The average molecular weight is 319 g/mol. The lowest BCUT2D eigenvalue weighted by Gasteiger charge is -2.27. The summed E-state index contributed by atoms with van der Waals surface area (Å²) < 4.78 is 6.12. The Bertz CT molecular complexity index is 833. The monoisotopic (exact) mass is 319 g/mol. The van der Waals surface area contributed by atoms with E-state index < -0.39 is 0 Å². The number of anilines is 1.